The van der Waals surface area contributed by atoms with E-state index in [0.717, 1.165) is 30.0 Å². The number of methoxy groups -OCH3 is 1. The van der Waals surface area contributed by atoms with Crippen molar-refractivity contribution in [1.29, 1.82) is 0 Å². The van der Waals surface area contributed by atoms with E-state index >= 15 is 0 Å². The minimum absolute atomic E-state index is 0.0603. The molecular weight excluding hydrogens is 340 g/mol. The number of anilines is 1. The fourth-order valence-electron chi connectivity index (χ4n) is 6.77. The molecule has 1 atom stereocenters. The second-order valence-corrected chi connectivity index (χ2v) is 9.43. The average molecular weight is 369 g/mol. The van der Waals surface area contributed by atoms with Crippen molar-refractivity contribution in [3.8, 4) is 5.75 Å². The largest absolute Gasteiger partial charge is 0.497 e. The van der Waals surface area contributed by atoms with Gasteiger partial charge in [0.15, 0.2) is 6.04 Å². The normalized spacial score (nSPS) is 37.3. The lowest BCUT2D eigenvalue weighted by Gasteiger charge is -2.56. The van der Waals surface area contributed by atoms with Crippen LogP contribution in [0, 0.1) is 23.2 Å². The molecule has 1 heterocycles. The Morgan fingerprint density at radius 3 is 2.19 bits per heavy atom. The van der Waals surface area contributed by atoms with Crippen molar-refractivity contribution in [3.05, 3.63) is 24.3 Å². The number of imide groups is 1. The molecule has 4 aliphatic carbocycles. The molecule has 2 N–H and O–H groups in total. The fourth-order valence-corrected chi connectivity index (χ4v) is 6.77. The first kappa shape index (κ1) is 17.2. The van der Waals surface area contributed by atoms with Crippen LogP contribution in [0.3, 0.4) is 0 Å². The molecule has 1 aromatic rings. The highest BCUT2D eigenvalue weighted by Gasteiger charge is 2.53. The summed E-state index contributed by atoms with van der Waals surface area (Å²) in [5.74, 6) is 3.33. The number of nitrogens with zero attached hydrogens (tertiary/aromatic N) is 1. The summed E-state index contributed by atoms with van der Waals surface area (Å²) in [7, 11) is 1.61. The van der Waals surface area contributed by atoms with E-state index in [4.69, 9.17) is 4.74 Å². The van der Waals surface area contributed by atoms with Crippen molar-refractivity contribution in [2.75, 3.05) is 18.6 Å². The van der Waals surface area contributed by atoms with Gasteiger partial charge in [0.2, 0.25) is 5.91 Å². The van der Waals surface area contributed by atoms with E-state index in [2.05, 4.69) is 5.32 Å². The molecule has 0 radical (unpaired) electrons. The van der Waals surface area contributed by atoms with Crippen LogP contribution >= 0.6 is 0 Å². The molecule has 1 aromatic carbocycles. The van der Waals surface area contributed by atoms with Crippen LogP contribution in [-0.4, -0.2) is 31.5 Å². The maximum atomic E-state index is 12.9. The summed E-state index contributed by atoms with van der Waals surface area (Å²) < 4.78 is 5.17. The van der Waals surface area contributed by atoms with E-state index in [1.54, 1.807) is 31.4 Å². The Morgan fingerprint density at radius 2 is 1.63 bits per heavy atom. The van der Waals surface area contributed by atoms with Crippen molar-refractivity contribution >= 4 is 17.5 Å². The molecule has 0 unspecified atom stereocenters. The maximum absolute atomic E-state index is 12.9. The van der Waals surface area contributed by atoms with Crippen molar-refractivity contribution in [3.63, 3.8) is 0 Å². The molecule has 5 fully saturated rings. The minimum atomic E-state index is -0.257. The monoisotopic (exact) mass is 369 g/mol. The van der Waals surface area contributed by atoms with Crippen LogP contribution in [0.15, 0.2) is 24.3 Å². The van der Waals surface area contributed by atoms with Crippen LogP contribution in [0.1, 0.15) is 44.9 Å². The lowest BCUT2D eigenvalue weighted by Crippen LogP contribution is -2.94. The van der Waals surface area contributed by atoms with E-state index in [0.29, 0.717) is 17.5 Å². The predicted molar refractivity (Wildman–Crippen MR) is 101 cm³/mol. The van der Waals surface area contributed by atoms with Crippen LogP contribution < -0.4 is 15.0 Å². The average Bonchev–Trinajstić information content (AvgIpc) is 2.93. The van der Waals surface area contributed by atoms with Crippen molar-refractivity contribution in [2.45, 2.75) is 51.0 Å². The Labute approximate surface area is 160 Å². The summed E-state index contributed by atoms with van der Waals surface area (Å²) in [6.45, 7) is 1.01. The van der Waals surface area contributed by atoms with Crippen molar-refractivity contribution in [2.24, 2.45) is 23.2 Å². The van der Waals surface area contributed by atoms with E-state index < -0.39 is 0 Å². The van der Waals surface area contributed by atoms with Gasteiger partial charge in [-0.15, -0.1) is 0 Å². The van der Waals surface area contributed by atoms with Gasteiger partial charge >= 0.3 is 0 Å². The molecule has 5 heteroatoms. The molecular formula is C22H29N2O3+. The zero-order valence-electron chi connectivity index (χ0n) is 16.0. The molecule has 1 aliphatic heterocycles. The van der Waals surface area contributed by atoms with E-state index in [-0.39, 0.29) is 17.9 Å². The van der Waals surface area contributed by atoms with Gasteiger partial charge < -0.3 is 10.1 Å². The van der Waals surface area contributed by atoms with Crippen molar-refractivity contribution < 1.29 is 19.6 Å². The number of rotatable bonds is 5. The summed E-state index contributed by atoms with van der Waals surface area (Å²) in [5.41, 5.74) is 1.07. The van der Waals surface area contributed by atoms with E-state index in [1.165, 1.54) is 43.4 Å². The number of benzene rings is 1. The van der Waals surface area contributed by atoms with Gasteiger partial charge in [0.05, 0.1) is 25.8 Å². The van der Waals surface area contributed by atoms with Gasteiger partial charge in [-0.25, -0.2) is 4.90 Å². The molecule has 5 aliphatic rings. The first-order valence-corrected chi connectivity index (χ1v) is 10.4. The smallest absolute Gasteiger partial charge is 0.292 e. The predicted octanol–water partition coefficient (Wildman–Crippen LogP) is 2.11. The highest BCUT2D eigenvalue weighted by molar-refractivity contribution is 6.21. The van der Waals surface area contributed by atoms with Crippen LogP contribution in [-0.2, 0) is 9.59 Å². The lowest BCUT2D eigenvalue weighted by molar-refractivity contribution is -0.687. The molecule has 1 saturated heterocycles. The number of amides is 2. The molecule has 6 rings (SSSR count). The molecule has 5 nitrogen and oxygen atoms in total. The molecule has 0 aromatic heterocycles. The van der Waals surface area contributed by atoms with E-state index in [1.807, 2.05) is 0 Å². The second kappa shape index (κ2) is 6.33. The number of quaternary nitrogens is 1. The van der Waals surface area contributed by atoms with Gasteiger partial charge in [0.25, 0.3) is 5.91 Å². The summed E-state index contributed by atoms with van der Waals surface area (Å²) in [6, 6.07) is 6.91. The van der Waals surface area contributed by atoms with E-state index in [9.17, 15) is 9.59 Å². The number of carbonyl (C=O) groups is 2. The van der Waals surface area contributed by atoms with Gasteiger partial charge in [0, 0.05) is 5.41 Å². The minimum Gasteiger partial charge on any atom is -0.497 e. The summed E-state index contributed by atoms with van der Waals surface area (Å²) in [4.78, 5) is 26.8. The summed E-state index contributed by atoms with van der Waals surface area (Å²) >= 11 is 0. The SMILES string of the molecule is COc1ccc(N2C(=O)C[C@H]([NH2+]CC34CC5CC(CC(C5)C3)C4)C2=O)cc1. The molecule has 27 heavy (non-hydrogen) atoms. The Bertz CT molecular complexity index is 722. The molecule has 2 amide bonds. The fraction of sp³-hybridized carbons (Fsp3) is 0.636. The van der Waals surface area contributed by atoms with Gasteiger partial charge in [-0.3, -0.25) is 9.59 Å². The zero-order valence-corrected chi connectivity index (χ0v) is 16.0. The van der Waals surface area contributed by atoms with Crippen LogP contribution in [0.5, 0.6) is 5.75 Å². The van der Waals surface area contributed by atoms with Gasteiger partial charge in [-0.05, 0) is 80.5 Å². The second-order valence-electron chi connectivity index (χ2n) is 9.43. The lowest BCUT2D eigenvalue weighted by atomic mass is 9.49. The molecule has 0 spiro atoms. The number of hydrogen-bond acceptors (Lipinski definition) is 3. The van der Waals surface area contributed by atoms with Crippen LogP contribution in [0.25, 0.3) is 0 Å². The first-order chi connectivity index (χ1) is 13.0. The Morgan fingerprint density at radius 1 is 1.04 bits per heavy atom. The molecule has 144 valence electrons. The number of nitrogens with two attached hydrogens (primary N) is 1. The quantitative estimate of drug-likeness (QED) is 0.809. The van der Waals surface area contributed by atoms with Gasteiger partial charge in [0.1, 0.15) is 5.75 Å². The van der Waals surface area contributed by atoms with Crippen LogP contribution in [0.4, 0.5) is 5.69 Å². The Kier molecular flexibility index (Phi) is 4.04. The molecule has 4 saturated carbocycles. The summed E-state index contributed by atoms with van der Waals surface area (Å²) in [5, 5.41) is 2.19. The molecule has 4 bridgehead atoms. The Hall–Kier alpha value is -1.88. The Balaban J connectivity index is 1.26. The van der Waals surface area contributed by atoms with Gasteiger partial charge in [-0.2, -0.15) is 0 Å². The van der Waals surface area contributed by atoms with Crippen molar-refractivity contribution in [1.82, 2.24) is 0 Å². The third-order valence-corrected chi connectivity index (χ3v) is 7.51. The third-order valence-electron chi connectivity index (χ3n) is 7.51. The number of carbonyl (C=O) groups excluding carboxylic acids is 2. The maximum Gasteiger partial charge on any atom is 0.292 e. The highest BCUT2D eigenvalue weighted by Crippen LogP contribution is 2.59. The first-order valence-electron chi connectivity index (χ1n) is 10.4. The number of ether oxygens (including phenoxy) is 1. The zero-order chi connectivity index (χ0) is 18.6. The van der Waals surface area contributed by atoms with Crippen LogP contribution in [0.2, 0.25) is 0 Å². The third kappa shape index (κ3) is 2.96. The standard InChI is InChI=1S/C22H28N2O3/c1-27-18-4-2-17(3-5-18)24-20(25)9-19(21(24)26)23-13-22-10-14-6-15(11-22)8-16(7-14)12-22/h2-5,14-16,19,23H,6-13H2,1H3/p+1/t14?,15?,16?,19-,22?/m0/s1. The van der Waals surface area contributed by atoms with Gasteiger partial charge in [-0.1, -0.05) is 0 Å². The summed E-state index contributed by atoms with van der Waals surface area (Å²) in [6.07, 6.45) is 8.64. The topological polar surface area (TPSA) is 63.2 Å². The highest BCUT2D eigenvalue weighted by atomic mass is 16.5. The number of hydrogen-bond donors (Lipinski definition) is 1.